The Hall–Kier alpha value is -8.46. The average Bonchev–Trinajstić information content (AvgIpc) is 3.49. The minimum atomic E-state index is -0.909. The van der Waals surface area contributed by atoms with Gasteiger partial charge in [0.2, 0.25) is 0 Å². The van der Waals surface area contributed by atoms with E-state index in [9.17, 15) is 28.8 Å². The molecule has 0 aliphatic heterocycles. The van der Waals surface area contributed by atoms with Crippen molar-refractivity contribution in [3.05, 3.63) is 179 Å². The maximum absolute atomic E-state index is 13.2. The monoisotopic (exact) mass is 1110 g/mol. The van der Waals surface area contributed by atoms with Crippen molar-refractivity contribution in [2.45, 2.75) is 117 Å². The third kappa shape index (κ3) is 23.0. The number of aldehydes is 1. The lowest BCUT2D eigenvalue weighted by Gasteiger charge is -2.23. The van der Waals surface area contributed by atoms with Gasteiger partial charge in [0, 0.05) is 50.1 Å². The molecule has 0 aliphatic carbocycles. The Labute approximate surface area is 477 Å². The molecule has 430 valence electrons. The number of ether oxygens (including phenoxy) is 6. The third-order valence-corrected chi connectivity index (χ3v) is 13.0. The van der Waals surface area contributed by atoms with Gasteiger partial charge in [0.1, 0.15) is 40.8 Å². The zero-order valence-electron chi connectivity index (χ0n) is 47.3. The molecule has 0 spiro atoms. The lowest BCUT2D eigenvalue weighted by Crippen LogP contribution is -2.31. The summed E-state index contributed by atoms with van der Waals surface area (Å²) in [5.41, 5.74) is 3.57. The highest BCUT2D eigenvalue weighted by Crippen LogP contribution is 2.23. The predicted octanol–water partition coefficient (Wildman–Crippen LogP) is 13.7. The molecule has 0 saturated carbocycles. The lowest BCUT2D eigenvalue weighted by molar-refractivity contribution is -0.137. The molecule has 0 unspecified atom stereocenters. The van der Waals surface area contributed by atoms with Crippen LogP contribution in [0.15, 0.2) is 146 Å². The van der Waals surface area contributed by atoms with Crippen molar-refractivity contribution < 1.29 is 62.3 Å². The summed E-state index contributed by atoms with van der Waals surface area (Å²) in [4.78, 5) is 76.8. The molecule has 0 saturated heterocycles. The SMILES string of the molecule is CCCCCCCOc1ccc(C(=O)Oc2ccc(CN(CCCC(=O)O)C(=O)c3ccc(OC)cc3)cc2)cc1.CCCCCCCOc1ccc(C(=O)Oc2ccc(CN(CCCC=O)C(=O)c3ccc(OC)cc3)cc2)cc1. The number of carboxylic acid groups (broad SMARTS) is 1. The van der Waals surface area contributed by atoms with Crippen LogP contribution in [0.3, 0.4) is 0 Å². The van der Waals surface area contributed by atoms with Crippen molar-refractivity contribution in [3.8, 4) is 34.5 Å². The summed E-state index contributed by atoms with van der Waals surface area (Å²) >= 11 is 0. The maximum Gasteiger partial charge on any atom is 0.343 e. The van der Waals surface area contributed by atoms with Crippen LogP contribution in [0.4, 0.5) is 0 Å². The Morgan fingerprint density at radius 2 is 0.765 bits per heavy atom. The Morgan fingerprint density at radius 3 is 1.12 bits per heavy atom. The van der Waals surface area contributed by atoms with Crippen molar-refractivity contribution in [3.63, 3.8) is 0 Å². The molecular formula is C66H78N2O13. The van der Waals surface area contributed by atoms with Crippen molar-refractivity contribution in [1.82, 2.24) is 9.80 Å². The first-order chi connectivity index (χ1) is 39.4. The van der Waals surface area contributed by atoms with E-state index in [1.54, 1.807) is 157 Å². The summed E-state index contributed by atoms with van der Waals surface area (Å²) in [5, 5.41) is 9.03. The second-order valence-corrected chi connectivity index (χ2v) is 19.4. The standard InChI is InChI=1S/C33H39NO7.C33H39NO6/c1-3-4-5-6-7-23-40-29-20-14-27(15-21-29)33(38)41-30-16-10-25(11-17-30)24-34(22-8-9-31(35)36)32(37)26-12-18-28(39-2)19-13-26;1-3-4-5-6-9-24-39-30-20-14-28(15-21-30)33(37)40-31-16-10-26(11-17-31)25-34(22-7-8-23-35)32(36)27-12-18-29(38-2)19-13-27/h10-21H,3-9,22-24H2,1-2H3,(H,35,36);10-21,23H,3-9,22,24-25H2,1-2H3. The van der Waals surface area contributed by atoms with Crippen LogP contribution < -0.4 is 28.4 Å². The van der Waals surface area contributed by atoms with E-state index in [4.69, 9.17) is 33.5 Å². The molecule has 0 radical (unpaired) electrons. The molecule has 0 fully saturated rings. The van der Waals surface area contributed by atoms with Crippen LogP contribution in [0.25, 0.3) is 0 Å². The molecule has 6 aromatic carbocycles. The summed E-state index contributed by atoms with van der Waals surface area (Å²) in [7, 11) is 3.13. The zero-order chi connectivity index (χ0) is 58.0. The van der Waals surface area contributed by atoms with Gasteiger partial charge in [-0.25, -0.2) is 9.59 Å². The number of methoxy groups -OCH3 is 2. The molecule has 0 atom stereocenters. The number of hydrogen-bond donors (Lipinski definition) is 1. The topological polar surface area (TPSA) is 185 Å². The molecule has 2 amide bonds. The summed E-state index contributed by atoms with van der Waals surface area (Å²) in [6.45, 7) is 7.07. The van der Waals surface area contributed by atoms with Crippen molar-refractivity contribution in [2.24, 2.45) is 0 Å². The van der Waals surface area contributed by atoms with Gasteiger partial charge >= 0.3 is 17.9 Å². The second-order valence-electron chi connectivity index (χ2n) is 19.4. The van der Waals surface area contributed by atoms with Crippen molar-refractivity contribution in [2.75, 3.05) is 40.5 Å². The van der Waals surface area contributed by atoms with Crippen molar-refractivity contribution in [1.29, 1.82) is 0 Å². The molecule has 0 aliphatic rings. The van der Waals surface area contributed by atoms with Gasteiger partial charge in [-0.3, -0.25) is 14.4 Å². The molecule has 6 aromatic rings. The number of unbranched alkanes of at least 4 members (excludes halogenated alkanes) is 9. The van der Waals surface area contributed by atoms with Gasteiger partial charge in [-0.1, -0.05) is 89.5 Å². The molecular weight excluding hydrogens is 1030 g/mol. The highest BCUT2D eigenvalue weighted by Gasteiger charge is 2.19. The molecule has 0 aromatic heterocycles. The number of nitrogens with zero attached hydrogens (tertiary/aromatic N) is 2. The molecule has 15 nitrogen and oxygen atoms in total. The fraction of sp³-hybridized carbons (Fsp3) is 0.364. The van der Waals surface area contributed by atoms with E-state index in [0.29, 0.717) is 90.8 Å². The summed E-state index contributed by atoms with van der Waals surface area (Å²) < 4.78 is 32.9. The van der Waals surface area contributed by atoms with Gasteiger partial charge in [-0.15, -0.1) is 0 Å². The first-order valence-corrected chi connectivity index (χ1v) is 28.0. The minimum absolute atomic E-state index is 0.0343. The van der Waals surface area contributed by atoms with Crippen LogP contribution in [-0.4, -0.2) is 91.4 Å². The molecule has 0 heterocycles. The summed E-state index contributed by atoms with van der Waals surface area (Å²) in [6.07, 6.45) is 13.8. The number of esters is 2. The molecule has 1 N–H and O–H groups in total. The van der Waals surface area contributed by atoms with Crippen LogP contribution >= 0.6 is 0 Å². The van der Waals surface area contributed by atoms with Gasteiger partial charge in [-0.05, 0) is 158 Å². The molecule has 0 bridgehead atoms. The second kappa shape index (κ2) is 35.9. The van der Waals surface area contributed by atoms with Gasteiger partial charge in [0.05, 0.1) is 38.6 Å². The van der Waals surface area contributed by atoms with Crippen molar-refractivity contribution >= 4 is 36.0 Å². The first-order valence-electron chi connectivity index (χ1n) is 28.0. The van der Waals surface area contributed by atoms with E-state index in [1.165, 1.54) is 38.5 Å². The van der Waals surface area contributed by atoms with E-state index < -0.39 is 17.9 Å². The van der Waals surface area contributed by atoms with Crippen LogP contribution in [0, 0.1) is 0 Å². The third-order valence-electron chi connectivity index (χ3n) is 13.0. The smallest absolute Gasteiger partial charge is 0.343 e. The minimum Gasteiger partial charge on any atom is -0.497 e. The van der Waals surface area contributed by atoms with E-state index >= 15 is 0 Å². The maximum atomic E-state index is 13.2. The Balaban J connectivity index is 0.000000297. The average molecular weight is 1110 g/mol. The summed E-state index contributed by atoms with van der Waals surface area (Å²) in [6, 6.07) is 41.6. The van der Waals surface area contributed by atoms with Crippen LogP contribution in [0.5, 0.6) is 34.5 Å². The van der Waals surface area contributed by atoms with Gasteiger partial charge in [0.25, 0.3) is 11.8 Å². The number of carbonyl (C=O) groups excluding carboxylic acids is 5. The zero-order valence-corrected chi connectivity index (χ0v) is 47.3. The fourth-order valence-corrected chi connectivity index (χ4v) is 8.39. The Morgan fingerprint density at radius 1 is 0.420 bits per heavy atom. The molecule has 81 heavy (non-hydrogen) atoms. The largest absolute Gasteiger partial charge is 0.497 e. The number of carboxylic acids is 1. The molecule has 15 heteroatoms. The normalized spacial score (nSPS) is 10.6. The number of aliphatic carboxylic acids is 1. The molecule has 6 rings (SSSR count). The highest BCUT2D eigenvalue weighted by molar-refractivity contribution is 5.95. The predicted molar refractivity (Wildman–Crippen MR) is 312 cm³/mol. The Kier molecular flexibility index (Phi) is 28.1. The number of amides is 2. The quantitative estimate of drug-likeness (QED) is 0.0174. The van der Waals surface area contributed by atoms with E-state index in [2.05, 4.69) is 13.8 Å². The van der Waals surface area contributed by atoms with Crippen LogP contribution in [-0.2, 0) is 22.7 Å². The van der Waals surface area contributed by atoms with E-state index in [-0.39, 0.29) is 31.3 Å². The van der Waals surface area contributed by atoms with Gasteiger partial charge in [0.15, 0.2) is 0 Å². The first kappa shape index (κ1) is 63.4. The number of benzene rings is 6. The van der Waals surface area contributed by atoms with E-state index in [0.717, 1.165) is 54.6 Å². The number of carbonyl (C=O) groups is 6. The fourth-order valence-electron chi connectivity index (χ4n) is 8.39. The lowest BCUT2D eigenvalue weighted by atomic mass is 10.1. The summed E-state index contributed by atoms with van der Waals surface area (Å²) in [5.74, 6) is 1.38. The van der Waals surface area contributed by atoms with Gasteiger partial charge < -0.3 is 48.1 Å². The van der Waals surface area contributed by atoms with E-state index in [1.807, 2.05) is 12.1 Å². The highest BCUT2D eigenvalue weighted by atomic mass is 16.5. The Bertz CT molecular complexity index is 2820. The number of rotatable bonds is 34. The van der Waals surface area contributed by atoms with Crippen LogP contribution in [0.1, 0.15) is 156 Å². The van der Waals surface area contributed by atoms with Crippen LogP contribution in [0.2, 0.25) is 0 Å². The van der Waals surface area contributed by atoms with Gasteiger partial charge in [-0.2, -0.15) is 0 Å². The number of hydrogen-bond acceptors (Lipinski definition) is 12.